The summed E-state index contributed by atoms with van der Waals surface area (Å²) in [6, 6.07) is 12.4. The normalized spacial score (nSPS) is 17.9. The molecule has 2 aliphatic heterocycles. The number of ether oxygens (including phenoxy) is 2. The van der Waals surface area contributed by atoms with Gasteiger partial charge in [0.05, 0.1) is 24.2 Å². The minimum absolute atomic E-state index is 0. The number of hydrogen-bond acceptors (Lipinski definition) is 15. The van der Waals surface area contributed by atoms with Gasteiger partial charge in [-0.1, -0.05) is 69.8 Å². The number of hydrogen-bond donors (Lipinski definition) is 11. The first-order valence-corrected chi connectivity index (χ1v) is 26.4. The van der Waals surface area contributed by atoms with E-state index in [2.05, 4.69) is 47.9 Å². The van der Waals surface area contributed by atoms with E-state index >= 15 is 0 Å². The number of aliphatic carboxylic acids is 1. The van der Waals surface area contributed by atoms with Gasteiger partial charge >= 0.3 is 35.5 Å². The third-order valence-corrected chi connectivity index (χ3v) is 14.3. The van der Waals surface area contributed by atoms with Gasteiger partial charge in [-0.25, -0.2) is 6.29 Å². The molecular weight excluding hydrogens is 1050 g/mol. The van der Waals surface area contributed by atoms with Gasteiger partial charge in [-0.05, 0) is 113 Å². The van der Waals surface area contributed by atoms with Crippen molar-refractivity contribution in [3.8, 4) is 11.5 Å². The van der Waals surface area contributed by atoms with Crippen molar-refractivity contribution in [1.82, 2.24) is 42.5 Å². The van der Waals surface area contributed by atoms with Crippen LogP contribution in [0.25, 0.3) is 0 Å². The topological polar surface area (TPSA) is 338 Å². The Labute approximate surface area is 487 Å². The second-order valence-electron chi connectivity index (χ2n) is 20.2. The maximum Gasteiger partial charge on any atom is 1.00 e. The summed E-state index contributed by atoms with van der Waals surface area (Å²) in [5.74, 6) is -4.55. The second-order valence-corrected chi connectivity index (χ2v) is 20.2. The van der Waals surface area contributed by atoms with E-state index in [1.54, 1.807) is 64.3 Å². The van der Waals surface area contributed by atoms with Crippen molar-refractivity contribution in [3.05, 3.63) is 88.5 Å². The zero-order valence-corrected chi connectivity index (χ0v) is 48.6. The molecular formula is C56H74N9NaO14. The first-order valence-electron chi connectivity index (χ1n) is 26.4. The van der Waals surface area contributed by atoms with Gasteiger partial charge in [0.15, 0.2) is 6.23 Å². The summed E-state index contributed by atoms with van der Waals surface area (Å²) in [6.45, 7) is 8.89. The predicted octanol–water partition coefficient (Wildman–Crippen LogP) is -1.97. The smallest absolute Gasteiger partial charge is 0.540 e. The van der Waals surface area contributed by atoms with Gasteiger partial charge in [0.1, 0.15) is 53.7 Å². The number of para-hydroxylation sites is 1. The molecule has 9 unspecified atom stereocenters. The Balaban J connectivity index is 0.0000138. The molecule has 2 heterocycles. The van der Waals surface area contributed by atoms with Crippen LogP contribution in [0.5, 0.6) is 11.5 Å². The standard InChI is InChI=1S/C56H74N9O14.Na/c1-8-42(69)64-40(51(74)60-30-44(71)58-21-23-66)29-56-38-18-14-19-41(79-55(6,9-2)49(57-7)53(76)77)45(38)65-54(56)78-48-37(27-36(28-39(48)56)47(72)46(61-31-68)52(75)59-22-24-67)26-32(3)25-33(4)62-50(73)34(5)63-43(70)20-13-17-35-15-11-10-12-16-35;/h10-12,14-16,18-19,23,27-28,31-34,40,46-47,49,54,57,65,72H,8-9,13,17,20-22,25-26,29-30H2,1-7H3,(H,58,71)(H,59,75)(H,60,74)(H,61,68)(H,62,73)(H,63,70)(H,64,69)(H,76,77);/q-1;+1/t32?,33?,34?,40?,46?,47?,49?,54?,55?,56-;/m0./s1. The third-order valence-electron chi connectivity index (χ3n) is 14.3. The second kappa shape index (κ2) is 30.6. The molecule has 7 amide bonds. The number of carboxylic acid groups (broad SMARTS) is 1. The molecule has 5 rings (SSSR count). The summed E-state index contributed by atoms with van der Waals surface area (Å²) in [6.07, 6.45) is 1.30. The number of aldehydes is 1. The number of carbonyl (C=O) groups excluding carboxylic acids is 9. The number of likely N-dealkylation sites (N-methyl/N-ethyl adjacent to an activating group) is 1. The zero-order valence-electron chi connectivity index (χ0n) is 46.6. The Hall–Kier alpha value is -6.92. The summed E-state index contributed by atoms with van der Waals surface area (Å²) >= 11 is 0. The Bertz CT molecular complexity index is 2700. The van der Waals surface area contributed by atoms with Crippen LogP contribution in [-0.2, 0) is 66.2 Å². The van der Waals surface area contributed by atoms with Gasteiger partial charge < -0.3 is 77.1 Å². The molecule has 10 atom stereocenters. The van der Waals surface area contributed by atoms with Crippen molar-refractivity contribution >= 4 is 66.1 Å². The van der Waals surface area contributed by atoms with Gasteiger partial charge in [-0.3, -0.25) is 38.4 Å². The molecule has 0 saturated heterocycles. The van der Waals surface area contributed by atoms with Gasteiger partial charge in [0.2, 0.25) is 41.9 Å². The number of amides is 7. The Morgan fingerprint density at radius 2 is 1.61 bits per heavy atom. The largest absolute Gasteiger partial charge is 1.00 e. The predicted molar refractivity (Wildman–Crippen MR) is 289 cm³/mol. The molecule has 0 aliphatic carbocycles. The number of aliphatic hydroxyl groups is 1. The molecule has 3 aromatic rings. The van der Waals surface area contributed by atoms with E-state index < -0.39 is 102 Å². The number of rotatable bonds is 33. The molecule has 11 N–H and O–H groups in total. The van der Waals surface area contributed by atoms with E-state index in [9.17, 15) is 58.2 Å². The molecule has 0 spiro atoms. The average Bonchev–Trinajstić information content (AvgIpc) is 4.15. The van der Waals surface area contributed by atoms with Crippen molar-refractivity contribution in [2.45, 2.75) is 146 Å². The summed E-state index contributed by atoms with van der Waals surface area (Å²) in [4.78, 5) is 127. The van der Waals surface area contributed by atoms with Gasteiger partial charge in [0.25, 0.3) is 0 Å². The minimum atomic E-state index is -1.80. The molecule has 0 aromatic heterocycles. The fourth-order valence-electron chi connectivity index (χ4n) is 10.3. The monoisotopic (exact) mass is 1120 g/mol. The Morgan fingerprint density at radius 1 is 0.887 bits per heavy atom. The zero-order chi connectivity index (χ0) is 58.0. The summed E-state index contributed by atoms with van der Waals surface area (Å²) < 4.78 is 13.6. The first kappa shape index (κ1) is 65.6. The van der Waals surface area contributed by atoms with Gasteiger partial charge in [0, 0.05) is 24.4 Å². The molecule has 0 radical (unpaired) electrons. The number of nitrogens with one attached hydrogen (secondary N) is 9. The van der Waals surface area contributed by atoms with E-state index in [1.165, 1.54) is 7.05 Å². The van der Waals surface area contributed by atoms with E-state index in [0.717, 1.165) is 5.56 Å². The SMILES string of the molecule is CCC(=O)NC(C[C@@]12c3cccc(OC(C)(CC)C(NC)C(=O)O)c3NC1Oc1c(CC(C)CC(C)NC(=O)C(C)NC(=O)CCCc3ccccc3)cc(C(O)C(NC=O)C(=O)NC[C-]=O)cc12)C(=O)NCC(=O)NCC=O.[Na+]. The van der Waals surface area contributed by atoms with Crippen molar-refractivity contribution in [3.63, 3.8) is 0 Å². The van der Waals surface area contributed by atoms with Crippen LogP contribution >= 0.6 is 0 Å². The number of benzene rings is 3. The fourth-order valence-corrected chi connectivity index (χ4v) is 10.3. The van der Waals surface area contributed by atoms with Crippen molar-refractivity contribution < 1.29 is 97.2 Å². The van der Waals surface area contributed by atoms with Crippen LogP contribution in [0.4, 0.5) is 5.69 Å². The van der Waals surface area contributed by atoms with E-state index in [0.29, 0.717) is 47.9 Å². The molecule has 0 fully saturated rings. The summed E-state index contributed by atoms with van der Waals surface area (Å²) in [7, 11) is 1.49. The molecule has 2 aliphatic rings. The van der Waals surface area contributed by atoms with Crippen LogP contribution in [0, 0.1) is 5.92 Å². The van der Waals surface area contributed by atoms with E-state index in [-0.39, 0.29) is 104 Å². The maximum absolute atomic E-state index is 14.4. The summed E-state index contributed by atoms with van der Waals surface area (Å²) in [5.41, 5.74) is -0.117. The van der Waals surface area contributed by atoms with Gasteiger partial charge in [-0.15, -0.1) is 0 Å². The van der Waals surface area contributed by atoms with Crippen molar-refractivity contribution in [1.29, 1.82) is 0 Å². The Morgan fingerprint density at radius 3 is 2.25 bits per heavy atom. The molecule has 80 heavy (non-hydrogen) atoms. The molecule has 0 saturated carbocycles. The van der Waals surface area contributed by atoms with Crippen molar-refractivity contribution in [2.75, 3.05) is 32.0 Å². The molecule has 3 aromatic carbocycles. The number of carboxylic acids is 1. The summed E-state index contributed by atoms with van der Waals surface area (Å²) in [5, 5.41) is 46.8. The van der Waals surface area contributed by atoms with Crippen LogP contribution in [0.15, 0.2) is 60.7 Å². The van der Waals surface area contributed by atoms with Gasteiger partial charge in [-0.2, -0.15) is 0 Å². The molecule has 23 nitrogen and oxygen atoms in total. The fraction of sp³-hybridized carbons (Fsp3) is 0.500. The first-order chi connectivity index (χ1) is 37.7. The van der Waals surface area contributed by atoms with Crippen LogP contribution < -0.4 is 86.9 Å². The number of carbonyl (C=O) groups is 9. The molecule has 24 heteroatoms. The number of aryl methyl sites for hydroxylation is 1. The quantitative estimate of drug-likeness (QED) is 0.0179. The number of aliphatic hydroxyl groups excluding tert-OH is 1. The van der Waals surface area contributed by atoms with Crippen LogP contribution in [0.2, 0.25) is 0 Å². The average molecular weight is 1120 g/mol. The van der Waals surface area contributed by atoms with Crippen molar-refractivity contribution in [2.24, 2.45) is 5.92 Å². The van der Waals surface area contributed by atoms with Crippen LogP contribution in [-0.4, -0.2) is 139 Å². The molecule has 0 bridgehead atoms. The maximum atomic E-state index is 14.4. The van der Waals surface area contributed by atoms with Crippen LogP contribution in [0.1, 0.15) is 114 Å². The number of fused-ring (bicyclic) bond motifs is 5. The van der Waals surface area contributed by atoms with E-state index in [4.69, 9.17) is 9.47 Å². The Kier molecular flexibility index (Phi) is 25.1. The minimum Gasteiger partial charge on any atom is -0.540 e. The van der Waals surface area contributed by atoms with Crippen LogP contribution in [0.3, 0.4) is 0 Å². The third kappa shape index (κ3) is 16.4. The van der Waals surface area contributed by atoms with E-state index in [1.807, 2.05) is 44.2 Å². The molecule has 428 valence electrons. The number of anilines is 1.